The Hall–Kier alpha value is -2.18. The lowest BCUT2D eigenvalue weighted by molar-refractivity contribution is -0.118. The van der Waals surface area contributed by atoms with Gasteiger partial charge in [0.25, 0.3) is 0 Å². The number of pyridine rings is 1. The van der Waals surface area contributed by atoms with Gasteiger partial charge in [-0.25, -0.2) is 4.98 Å². The van der Waals surface area contributed by atoms with Crippen molar-refractivity contribution in [2.45, 2.75) is 33.2 Å². The number of nitrogens with zero attached hydrogens (tertiary/aromatic N) is 3. The highest BCUT2D eigenvalue weighted by molar-refractivity contribution is 7.14. The molecular formula is C19H19ClN4OS. The van der Waals surface area contributed by atoms with E-state index in [-0.39, 0.29) is 11.8 Å². The van der Waals surface area contributed by atoms with Crippen LogP contribution in [0.15, 0.2) is 29.8 Å². The Morgan fingerprint density at radius 1 is 1.35 bits per heavy atom. The second-order valence-electron chi connectivity index (χ2n) is 6.71. The van der Waals surface area contributed by atoms with Crippen molar-refractivity contribution in [1.29, 1.82) is 0 Å². The standard InChI is InChI=1S/C19H19ClN4OS/c1-11(2)19(25)22-16-9-12(5-6-21-16)17-14-4-3-7-24(14)23-18(17)13-8-15(20)26-10-13/h5-6,8-11H,3-4,7H2,1-2H3,(H,21,22,25). The molecule has 4 rings (SSSR count). The van der Waals surface area contributed by atoms with Gasteiger partial charge in [-0.05, 0) is 36.6 Å². The van der Waals surface area contributed by atoms with Crippen LogP contribution >= 0.6 is 22.9 Å². The summed E-state index contributed by atoms with van der Waals surface area (Å²) in [6, 6.07) is 5.85. The normalized spacial score (nSPS) is 13.2. The second kappa shape index (κ2) is 6.85. The van der Waals surface area contributed by atoms with Gasteiger partial charge in [-0.3, -0.25) is 9.48 Å². The molecule has 5 nitrogen and oxygen atoms in total. The number of nitrogens with one attached hydrogen (secondary N) is 1. The molecule has 3 aromatic rings. The van der Waals surface area contributed by atoms with E-state index in [9.17, 15) is 4.79 Å². The van der Waals surface area contributed by atoms with Crippen molar-refractivity contribution in [3.63, 3.8) is 0 Å². The van der Waals surface area contributed by atoms with Crippen molar-refractivity contribution in [3.8, 4) is 22.4 Å². The highest BCUT2D eigenvalue weighted by Gasteiger charge is 2.24. The quantitative estimate of drug-likeness (QED) is 0.696. The van der Waals surface area contributed by atoms with Crippen LogP contribution in [0.2, 0.25) is 4.34 Å². The summed E-state index contributed by atoms with van der Waals surface area (Å²) in [5.74, 6) is 0.428. The minimum atomic E-state index is -0.0932. The third kappa shape index (κ3) is 3.15. The molecule has 0 saturated carbocycles. The van der Waals surface area contributed by atoms with E-state index in [0.29, 0.717) is 5.82 Å². The Labute approximate surface area is 161 Å². The smallest absolute Gasteiger partial charge is 0.228 e. The van der Waals surface area contributed by atoms with Gasteiger partial charge in [0.15, 0.2) is 0 Å². The summed E-state index contributed by atoms with van der Waals surface area (Å²) in [7, 11) is 0. The molecule has 1 aliphatic rings. The maximum atomic E-state index is 12.0. The Morgan fingerprint density at radius 2 is 2.19 bits per heavy atom. The molecule has 0 saturated heterocycles. The summed E-state index contributed by atoms with van der Waals surface area (Å²) in [6.45, 7) is 4.66. The van der Waals surface area contributed by atoms with Gasteiger partial charge in [-0.2, -0.15) is 5.10 Å². The zero-order chi connectivity index (χ0) is 18.3. The first kappa shape index (κ1) is 17.2. The third-order valence-electron chi connectivity index (χ3n) is 4.51. The summed E-state index contributed by atoms with van der Waals surface area (Å²) < 4.78 is 2.84. The molecule has 134 valence electrons. The van der Waals surface area contributed by atoms with Crippen LogP contribution in [-0.2, 0) is 17.8 Å². The molecule has 1 aliphatic heterocycles. The Bertz CT molecular complexity index is 976. The van der Waals surface area contributed by atoms with Crippen LogP contribution in [0.3, 0.4) is 0 Å². The van der Waals surface area contributed by atoms with Crippen LogP contribution in [-0.4, -0.2) is 20.7 Å². The largest absolute Gasteiger partial charge is 0.310 e. The van der Waals surface area contributed by atoms with Gasteiger partial charge in [-0.1, -0.05) is 25.4 Å². The maximum absolute atomic E-state index is 12.0. The molecule has 1 N–H and O–H groups in total. The Kier molecular flexibility index (Phi) is 4.54. The van der Waals surface area contributed by atoms with E-state index in [1.54, 1.807) is 6.20 Å². The average Bonchev–Trinajstić information content (AvgIpc) is 3.29. The number of amides is 1. The van der Waals surface area contributed by atoms with Gasteiger partial charge in [0.1, 0.15) is 11.5 Å². The first-order valence-electron chi connectivity index (χ1n) is 8.64. The highest BCUT2D eigenvalue weighted by atomic mass is 35.5. The predicted octanol–water partition coefficient (Wildman–Crippen LogP) is 4.87. The molecule has 0 spiro atoms. The van der Waals surface area contributed by atoms with E-state index in [1.807, 2.05) is 37.4 Å². The number of thiophene rings is 1. The minimum absolute atomic E-state index is 0.0419. The average molecular weight is 387 g/mol. The molecule has 0 atom stereocenters. The molecule has 0 unspecified atom stereocenters. The lowest BCUT2D eigenvalue weighted by Crippen LogP contribution is -2.18. The highest BCUT2D eigenvalue weighted by Crippen LogP contribution is 2.40. The van der Waals surface area contributed by atoms with Gasteiger partial charge in [-0.15, -0.1) is 11.3 Å². The third-order valence-corrected chi connectivity index (χ3v) is 5.60. The molecule has 0 radical (unpaired) electrons. The van der Waals surface area contributed by atoms with Crippen molar-refractivity contribution >= 4 is 34.7 Å². The molecule has 0 aliphatic carbocycles. The SMILES string of the molecule is CC(C)C(=O)Nc1cc(-c2c(-c3csc(Cl)c3)nn3c2CCC3)ccn1. The minimum Gasteiger partial charge on any atom is -0.310 e. The van der Waals surface area contributed by atoms with Crippen LogP contribution < -0.4 is 5.32 Å². The number of halogens is 1. The van der Waals surface area contributed by atoms with E-state index >= 15 is 0 Å². The number of rotatable bonds is 4. The lowest BCUT2D eigenvalue weighted by Gasteiger charge is -2.09. The number of hydrogen-bond acceptors (Lipinski definition) is 4. The van der Waals surface area contributed by atoms with Crippen LogP contribution in [0.1, 0.15) is 26.0 Å². The molecular weight excluding hydrogens is 368 g/mol. The summed E-state index contributed by atoms with van der Waals surface area (Å²) in [6.07, 6.45) is 3.83. The predicted molar refractivity (Wildman–Crippen MR) is 106 cm³/mol. The molecule has 0 bridgehead atoms. The number of anilines is 1. The van der Waals surface area contributed by atoms with Crippen molar-refractivity contribution < 1.29 is 4.79 Å². The second-order valence-corrected chi connectivity index (χ2v) is 8.25. The van der Waals surface area contributed by atoms with E-state index in [1.165, 1.54) is 17.0 Å². The van der Waals surface area contributed by atoms with E-state index < -0.39 is 0 Å². The zero-order valence-corrected chi connectivity index (χ0v) is 16.2. The Balaban J connectivity index is 1.79. The monoisotopic (exact) mass is 386 g/mol. The van der Waals surface area contributed by atoms with Crippen molar-refractivity contribution in [2.75, 3.05) is 5.32 Å². The summed E-state index contributed by atoms with van der Waals surface area (Å²) >= 11 is 7.65. The number of carbonyl (C=O) groups excluding carboxylic acids is 1. The van der Waals surface area contributed by atoms with Crippen LogP contribution in [0, 0.1) is 5.92 Å². The molecule has 0 fully saturated rings. The fourth-order valence-corrected chi connectivity index (χ4v) is 4.06. The zero-order valence-electron chi connectivity index (χ0n) is 14.6. The fourth-order valence-electron chi connectivity index (χ4n) is 3.20. The van der Waals surface area contributed by atoms with Gasteiger partial charge >= 0.3 is 0 Å². The molecule has 1 amide bonds. The molecule has 4 heterocycles. The van der Waals surface area contributed by atoms with Crippen LogP contribution in [0.5, 0.6) is 0 Å². The first-order valence-corrected chi connectivity index (χ1v) is 9.90. The van der Waals surface area contributed by atoms with Gasteiger partial charge in [0.2, 0.25) is 5.91 Å². The first-order chi connectivity index (χ1) is 12.5. The van der Waals surface area contributed by atoms with E-state index in [2.05, 4.69) is 15.0 Å². The topological polar surface area (TPSA) is 59.8 Å². The summed E-state index contributed by atoms with van der Waals surface area (Å²) in [4.78, 5) is 16.3. The van der Waals surface area contributed by atoms with Gasteiger partial charge in [0, 0.05) is 40.9 Å². The van der Waals surface area contributed by atoms with Crippen LogP contribution in [0.4, 0.5) is 5.82 Å². The Morgan fingerprint density at radius 3 is 2.92 bits per heavy atom. The van der Waals surface area contributed by atoms with E-state index in [4.69, 9.17) is 16.7 Å². The van der Waals surface area contributed by atoms with E-state index in [0.717, 1.165) is 46.1 Å². The number of fused-ring (bicyclic) bond motifs is 1. The molecule has 0 aromatic carbocycles. The lowest BCUT2D eigenvalue weighted by atomic mass is 10.00. The summed E-state index contributed by atoms with van der Waals surface area (Å²) in [5.41, 5.74) is 5.32. The fraction of sp³-hybridized carbons (Fsp3) is 0.316. The van der Waals surface area contributed by atoms with Crippen molar-refractivity contribution in [2.24, 2.45) is 5.92 Å². The number of aryl methyl sites for hydroxylation is 1. The number of aromatic nitrogens is 3. The van der Waals surface area contributed by atoms with Gasteiger partial charge in [0.05, 0.1) is 4.34 Å². The molecule has 7 heteroatoms. The number of carbonyl (C=O) groups is 1. The van der Waals surface area contributed by atoms with Crippen LogP contribution in [0.25, 0.3) is 22.4 Å². The molecule has 3 aromatic heterocycles. The van der Waals surface area contributed by atoms with Gasteiger partial charge < -0.3 is 5.32 Å². The summed E-state index contributed by atoms with van der Waals surface area (Å²) in [5, 5.41) is 9.74. The maximum Gasteiger partial charge on any atom is 0.228 e. The van der Waals surface area contributed by atoms with Crippen molar-refractivity contribution in [1.82, 2.24) is 14.8 Å². The number of hydrogen-bond donors (Lipinski definition) is 1. The molecule has 26 heavy (non-hydrogen) atoms. The van der Waals surface area contributed by atoms with Crippen molar-refractivity contribution in [3.05, 3.63) is 39.8 Å².